The summed E-state index contributed by atoms with van der Waals surface area (Å²) in [6.07, 6.45) is 1.39. The summed E-state index contributed by atoms with van der Waals surface area (Å²) < 4.78 is 6.57. The minimum absolute atomic E-state index is 0.00236. The Kier molecular flexibility index (Phi) is 3.36. The highest BCUT2D eigenvalue weighted by molar-refractivity contribution is 6.31. The summed E-state index contributed by atoms with van der Waals surface area (Å²) in [6.45, 7) is 0. The second kappa shape index (κ2) is 4.77. The molecule has 1 aromatic heterocycles. The van der Waals surface area contributed by atoms with Gasteiger partial charge in [0.2, 0.25) is 0 Å². The second-order valence-electron chi connectivity index (χ2n) is 3.31. The van der Waals surface area contributed by atoms with Crippen LogP contribution in [0.1, 0.15) is 0 Å². The van der Waals surface area contributed by atoms with E-state index >= 15 is 0 Å². The van der Waals surface area contributed by atoms with Crippen LogP contribution in [0.2, 0.25) is 10.0 Å². The van der Waals surface area contributed by atoms with E-state index in [0.29, 0.717) is 10.8 Å². The molecule has 17 heavy (non-hydrogen) atoms. The van der Waals surface area contributed by atoms with Crippen LogP contribution in [0.15, 0.2) is 35.3 Å². The highest BCUT2D eigenvalue weighted by atomic mass is 35.5. The van der Waals surface area contributed by atoms with Gasteiger partial charge in [-0.2, -0.15) is 5.10 Å². The molecule has 0 atom stereocenters. The lowest BCUT2D eigenvalue weighted by Gasteiger charge is -2.07. The predicted octanol–water partition coefficient (Wildman–Crippen LogP) is 2.88. The van der Waals surface area contributed by atoms with Gasteiger partial charge in [0.15, 0.2) is 10.8 Å². The lowest BCUT2D eigenvalue weighted by Crippen LogP contribution is -2.19. The van der Waals surface area contributed by atoms with Crippen LogP contribution in [-0.2, 0) is 7.05 Å². The largest absolute Gasteiger partial charge is 0.454 e. The lowest BCUT2D eigenvalue weighted by molar-refractivity contribution is 0.473. The summed E-state index contributed by atoms with van der Waals surface area (Å²) in [6, 6.07) is 6.71. The summed E-state index contributed by atoms with van der Waals surface area (Å²) in [5, 5.41) is 4.42. The third kappa shape index (κ3) is 2.60. The van der Waals surface area contributed by atoms with Gasteiger partial charge in [-0.15, -0.1) is 0 Å². The first kappa shape index (κ1) is 12.0. The Labute approximate surface area is 107 Å². The van der Waals surface area contributed by atoms with Crippen molar-refractivity contribution in [1.82, 2.24) is 9.78 Å². The fourth-order valence-electron chi connectivity index (χ4n) is 1.20. The molecule has 0 unspecified atom stereocenters. The average Bonchev–Trinajstić information content (AvgIpc) is 2.33. The van der Waals surface area contributed by atoms with E-state index in [1.165, 1.54) is 13.2 Å². The molecule has 1 aromatic carbocycles. The van der Waals surface area contributed by atoms with E-state index in [1.807, 2.05) is 0 Å². The SMILES string of the molecule is Cn1ncc(Oc2ccc(Cl)cc2)c(Cl)c1=O. The maximum absolute atomic E-state index is 11.5. The Hall–Kier alpha value is -1.52. The Morgan fingerprint density at radius 3 is 2.53 bits per heavy atom. The van der Waals surface area contributed by atoms with Crippen molar-refractivity contribution in [3.05, 3.63) is 50.9 Å². The maximum Gasteiger partial charge on any atom is 0.289 e. The van der Waals surface area contributed by atoms with Gasteiger partial charge in [0.1, 0.15) is 5.75 Å². The normalized spacial score (nSPS) is 10.3. The molecule has 0 N–H and O–H groups in total. The van der Waals surface area contributed by atoms with Gasteiger partial charge in [-0.05, 0) is 24.3 Å². The van der Waals surface area contributed by atoms with Crippen molar-refractivity contribution in [3.8, 4) is 11.5 Å². The molecule has 0 saturated heterocycles. The fraction of sp³-hybridized carbons (Fsp3) is 0.0909. The van der Waals surface area contributed by atoms with E-state index in [0.717, 1.165) is 4.68 Å². The molecule has 0 fully saturated rings. The number of hydrogen-bond acceptors (Lipinski definition) is 3. The molecule has 0 bridgehead atoms. The van der Waals surface area contributed by atoms with Gasteiger partial charge in [-0.1, -0.05) is 23.2 Å². The minimum Gasteiger partial charge on any atom is -0.454 e. The number of hydrogen-bond donors (Lipinski definition) is 0. The molecule has 88 valence electrons. The summed E-state index contributed by atoms with van der Waals surface area (Å²) in [4.78, 5) is 11.5. The van der Waals surface area contributed by atoms with E-state index < -0.39 is 5.56 Å². The standard InChI is InChI=1S/C11H8Cl2N2O2/c1-15-11(16)10(13)9(6-14-15)17-8-4-2-7(12)3-5-8/h2-6H,1H3. The first-order valence-corrected chi connectivity index (χ1v) is 5.49. The first-order chi connectivity index (χ1) is 8.08. The van der Waals surface area contributed by atoms with Crippen molar-refractivity contribution in [3.63, 3.8) is 0 Å². The highest BCUT2D eigenvalue weighted by Crippen LogP contribution is 2.26. The summed E-state index contributed by atoms with van der Waals surface area (Å²) in [7, 11) is 1.51. The summed E-state index contributed by atoms with van der Waals surface area (Å²) in [5.74, 6) is 0.753. The van der Waals surface area contributed by atoms with Crippen LogP contribution in [-0.4, -0.2) is 9.78 Å². The van der Waals surface area contributed by atoms with Gasteiger partial charge in [-0.25, -0.2) is 4.68 Å². The molecular weight excluding hydrogens is 263 g/mol. The Bertz CT molecular complexity index is 593. The number of nitrogens with zero attached hydrogens (tertiary/aromatic N) is 2. The van der Waals surface area contributed by atoms with Gasteiger partial charge < -0.3 is 4.74 Å². The van der Waals surface area contributed by atoms with Gasteiger partial charge in [0, 0.05) is 12.1 Å². The van der Waals surface area contributed by atoms with Crippen LogP contribution in [0.5, 0.6) is 11.5 Å². The van der Waals surface area contributed by atoms with Gasteiger partial charge >= 0.3 is 0 Å². The molecule has 0 saturated carbocycles. The second-order valence-corrected chi connectivity index (χ2v) is 4.12. The Morgan fingerprint density at radius 1 is 1.24 bits per heavy atom. The van der Waals surface area contributed by atoms with Crippen LogP contribution < -0.4 is 10.3 Å². The molecule has 0 spiro atoms. The third-order valence-electron chi connectivity index (χ3n) is 2.09. The monoisotopic (exact) mass is 270 g/mol. The Morgan fingerprint density at radius 2 is 1.88 bits per heavy atom. The number of halogens is 2. The van der Waals surface area contributed by atoms with E-state index in [4.69, 9.17) is 27.9 Å². The van der Waals surface area contributed by atoms with E-state index in [9.17, 15) is 4.79 Å². The number of benzene rings is 1. The molecule has 0 aliphatic carbocycles. The number of aryl methyl sites for hydroxylation is 1. The number of aromatic nitrogens is 2. The number of rotatable bonds is 2. The van der Waals surface area contributed by atoms with Crippen LogP contribution in [0.25, 0.3) is 0 Å². The Balaban J connectivity index is 2.34. The predicted molar refractivity (Wildman–Crippen MR) is 66.0 cm³/mol. The van der Waals surface area contributed by atoms with Crippen LogP contribution in [0.3, 0.4) is 0 Å². The maximum atomic E-state index is 11.5. The van der Waals surface area contributed by atoms with Crippen LogP contribution in [0.4, 0.5) is 0 Å². The van der Waals surface area contributed by atoms with Crippen molar-refractivity contribution in [1.29, 1.82) is 0 Å². The molecule has 2 rings (SSSR count). The lowest BCUT2D eigenvalue weighted by atomic mass is 10.3. The first-order valence-electron chi connectivity index (χ1n) is 4.73. The van der Waals surface area contributed by atoms with E-state index in [2.05, 4.69) is 5.10 Å². The quantitative estimate of drug-likeness (QED) is 0.843. The van der Waals surface area contributed by atoms with E-state index in [-0.39, 0.29) is 10.8 Å². The zero-order valence-corrected chi connectivity index (χ0v) is 10.4. The molecule has 6 heteroatoms. The third-order valence-corrected chi connectivity index (χ3v) is 2.69. The topological polar surface area (TPSA) is 44.1 Å². The average molecular weight is 271 g/mol. The van der Waals surface area contributed by atoms with Crippen molar-refractivity contribution >= 4 is 23.2 Å². The molecule has 1 heterocycles. The van der Waals surface area contributed by atoms with Crippen molar-refractivity contribution in [2.24, 2.45) is 7.05 Å². The van der Waals surface area contributed by atoms with Crippen LogP contribution >= 0.6 is 23.2 Å². The summed E-state index contributed by atoms with van der Waals surface area (Å²) in [5.41, 5.74) is -0.405. The number of ether oxygens (including phenoxy) is 1. The zero-order valence-electron chi connectivity index (χ0n) is 8.85. The van der Waals surface area contributed by atoms with Crippen molar-refractivity contribution < 1.29 is 4.74 Å². The highest BCUT2D eigenvalue weighted by Gasteiger charge is 2.09. The smallest absolute Gasteiger partial charge is 0.289 e. The molecular formula is C11H8Cl2N2O2. The van der Waals surface area contributed by atoms with Gasteiger partial charge in [-0.3, -0.25) is 4.79 Å². The van der Waals surface area contributed by atoms with Gasteiger partial charge in [0.05, 0.1) is 6.20 Å². The van der Waals surface area contributed by atoms with Crippen molar-refractivity contribution in [2.75, 3.05) is 0 Å². The molecule has 0 aliphatic heterocycles. The molecule has 0 aliphatic rings. The summed E-state index contributed by atoms with van der Waals surface area (Å²) >= 11 is 11.6. The zero-order chi connectivity index (χ0) is 12.4. The van der Waals surface area contributed by atoms with Crippen molar-refractivity contribution in [2.45, 2.75) is 0 Å². The van der Waals surface area contributed by atoms with E-state index in [1.54, 1.807) is 24.3 Å². The van der Waals surface area contributed by atoms with Crippen LogP contribution in [0, 0.1) is 0 Å². The molecule has 4 nitrogen and oxygen atoms in total. The molecule has 0 amide bonds. The molecule has 2 aromatic rings. The minimum atomic E-state index is -0.405. The fourth-order valence-corrected chi connectivity index (χ4v) is 1.53. The van der Waals surface area contributed by atoms with Gasteiger partial charge in [0.25, 0.3) is 5.56 Å². The molecule has 0 radical (unpaired) electrons.